The molecule has 0 aliphatic carbocycles. The average molecular weight is 236 g/mol. The van der Waals surface area contributed by atoms with Gasteiger partial charge in [-0.3, -0.25) is 0 Å². The van der Waals surface area contributed by atoms with Crippen LogP contribution >= 0.6 is 0 Å². The Morgan fingerprint density at radius 1 is 1.35 bits per heavy atom. The molecule has 17 heavy (non-hydrogen) atoms. The molecule has 96 valence electrons. The number of nitrogens with two attached hydrogens (primary N) is 1. The molecule has 0 saturated heterocycles. The number of aryl methyl sites for hydroxylation is 2. The van der Waals surface area contributed by atoms with Gasteiger partial charge in [-0.25, -0.2) is 0 Å². The summed E-state index contributed by atoms with van der Waals surface area (Å²) in [6.07, 6.45) is 0.751. The van der Waals surface area contributed by atoms with E-state index < -0.39 is 0 Å². The van der Waals surface area contributed by atoms with E-state index in [1.807, 2.05) is 0 Å². The molecule has 0 fully saturated rings. The van der Waals surface area contributed by atoms with Gasteiger partial charge in [0, 0.05) is 25.2 Å². The Kier molecular flexibility index (Phi) is 5.62. The van der Waals surface area contributed by atoms with E-state index in [1.54, 1.807) is 0 Å². The predicted octanol–water partition coefficient (Wildman–Crippen LogP) is 1.66. The maximum atomic E-state index is 8.92. The molecule has 1 aromatic rings. The number of aliphatic hydroxyl groups excluding tert-OH is 1. The highest BCUT2D eigenvalue weighted by molar-refractivity contribution is 5.33. The SMILES string of the molecule is Cc1ccc(C)c(C(CN)NC(C)CCO)c1. The van der Waals surface area contributed by atoms with Gasteiger partial charge in [0.25, 0.3) is 0 Å². The molecule has 0 aliphatic rings. The van der Waals surface area contributed by atoms with Gasteiger partial charge in [0.05, 0.1) is 0 Å². The first kappa shape index (κ1) is 14.2. The quantitative estimate of drug-likeness (QED) is 0.704. The molecule has 3 nitrogen and oxygen atoms in total. The number of benzene rings is 1. The van der Waals surface area contributed by atoms with Crippen molar-refractivity contribution < 1.29 is 5.11 Å². The van der Waals surface area contributed by atoms with Crippen LogP contribution in [-0.2, 0) is 0 Å². The third kappa shape index (κ3) is 4.11. The predicted molar refractivity (Wildman–Crippen MR) is 72.0 cm³/mol. The second-order valence-electron chi connectivity index (χ2n) is 4.73. The maximum absolute atomic E-state index is 8.92. The molecule has 2 unspecified atom stereocenters. The zero-order chi connectivity index (χ0) is 12.8. The van der Waals surface area contributed by atoms with Gasteiger partial charge >= 0.3 is 0 Å². The minimum absolute atomic E-state index is 0.163. The first-order chi connectivity index (χ1) is 8.08. The molecule has 0 heterocycles. The smallest absolute Gasteiger partial charge is 0.0449 e. The Hall–Kier alpha value is -0.900. The Morgan fingerprint density at radius 2 is 2.06 bits per heavy atom. The van der Waals surface area contributed by atoms with Crippen molar-refractivity contribution in [3.8, 4) is 0 Å². The minimum Gasteiger partial charge on any atom is -0.396 e. The molecule has 1 aromatic carbocycles. The Morgan fingerprint density at radius 3 is 2.65 bits per heavy atom. The van der Waals surface area contributed by atoms with Crippen LogP contribution in [0.4, 0.5) is 0 Å². The summed E-state index contributed by atoms with van der Waals surface area (Å²) in [7, 11) is 0. The molecular weight excluding hydrogens is 212 g/mol. The number of aliphatic hydroxyl groups is 1. The zero-order valence-corrected chi connectivity index (χ0v) is 11.0. The van der Waals surface area contributed by atoms with Crippen molar-refractivity contribution in [1.29, 1.82) is 0 Å². The largest absolute Gasteiger partial charge is 0.396 e. The number of hydrogen-bond donors (Lipinski definition) is 3. The maximum Gasteiger partial charge on any atom is 0.0449 e. The molecule has 0 spiro atoms. The third-order valence-corrected chi connectivity index (χ3v) is 3.09. The van der Waals surface area contributed by atoms with Crippen LogP contribution in [0.5, 0.6) is 0 Å². The van der Waals surface area contributed by atoms with Crippen molar-refractivity contribution in [3.05, 3.63) is 34.9 Å². The van der Waals surface area contributed by atoms with Gasteiger partial charge < -0.3 is 16.2 Å². The fraction of sp³-hybridized carbons (Fsp3) is 0.571. The highest BCUT2D eigenvalue weighted by Gasteiger charge is 2.14. The van der Waals surface area contributed by atoms with Crippen LogP contribution in [0.15, 0.2) is 18.2 Å². The molecule has 0 bridgehead atoms. The Balaban J connectivity index is 2.82. The summed E-state index contributed by atoms with van der Waals surface area (Å²) < 4.78 is 0. The lowest BCUT2D eigenvalue weighted by molar-refractivity contribution is 0.263. The van der Waals surface area contributed by atoms with Crippen LogP contribution < -0.4 is 11.1 Å². The molecule has 2 atom stereocenters. The molecule has 0 saturated carbocycles. The van der Waals surface area contributed by atoms with Crippen molar-refractivity contribution in [3.63, 3.8) is 0 Å². The van der Waals surface area contributed by atoms with E-state index in [9.17, 15) is 0 Å². The molecule has 0 amide bonds. The highest BCUT2D eigenvalue weighted by atomic mass is 16.3. The number of nitrogens with one attached hydrogen (secondary N) is 1. The Bertz CT molecular complexity index is 352. The third-order valence-electron chi connectivity index (χ3n) is 3.09. The van der Waals surface area contributed by atoms with Crippen LogP contribution in [0.2, 0.25) is 0 Å². The van der Waals surface area contributed by atoms with E-state index in [2.05, 4.69) is 44.3 Å². The fourth-order valence-corrected chi connectivity index (χ4v) is 2.04. The first-order valence-corrected chi connectivity index (χ1v) is 6.22. The standard InChI is InChI=1S/C14H24N2O/c1-10-4-5-11(2)13(8-10)14(9-15)16-12(3)6-7-17/h4-5,8,12,14,16-17H,6-7,9,15H2,1-3H3. The van der Waals surface area contributed by atoms with E-state index in [4.69, 9.17) is 10.8 Å². The van der Waals surface area contributed by atoms with Crippen molar-refractivity contribution in [2.75, 3.05) is 13.2 Å². The summed E-state index contributed by atoms with van der Waals surface area (Å²) in [6.45, 7) is 7.05. The van der Waals surface area contributed by atoms with Gasteiger partial charge in [0.1, 0.15) is 0 Å². The topological polar surface area (TPSA) is 58.3 Å². The van der Waals surface area contributed by atoms with Gasteiger partial charge in [-0.2, -0.15) is 0 Å². The summed E-state index contributed by atoms with van der Waals surface area (Å²) in [5, 5.41) is 12.4. The van der Waals surface area contributed by atoms with Crippen molar-refractivity contribution >= 4 is 0 Å². The highest BCUT2D eigenvalue weighted by Crippen LogP contribution is 2.19. The first-order valence-electron chi connectivity index (χ1n) is 6.22. The number of hydrogen-bond acceptors (Lipinski definition) is 3. The lowest BCUT2D eigenvalue weighted by atomic mass is 9.98. The van der Waals surface area contributed by atoms with E-state index >= 15 is 0 Å². The molecule has 3 heteroatoms. The van der Waals surface area contributed by atoms with E-state index in [-0.39, 0.29) is 18.7 Å². The summed E-state index contributed by atoms with van der Waals surface area (Å²) in [5.74, 6) is 0. The summed E-state index contributed by atoms with van der Waals surface area (Å²) in [6, 6.07) is 6.87. The Labute approximate surface area is 104 Å². The fourth-order valence-electron chi connectivity index (χ4n) is 2.04. The summed E-state index contributed by atoms with van der Waals surface area (Å²) >= 11 is 0. The normalized spacial score (nSPS) is 14.6. The van der Waals surface area contributed by atoms with Crippen LogP contribution in [0.3, 0.4) is 0 Å². The van der Waals surface area contributed by atoms with Gasteiger partial charge in [0.15, 0.2) is 0 Å². The minimum atomic E-state index is 0.163. The number of rotatable bonds is 6. The van der Waals surface area contributed by atoms with Crippen LogP contribution in [0, 0.1) is 13.8 Å². The van der Waals surface area contributed by atoms with Gasteiger partial charge in [-0.05, 0) is 38.3 Å². The summed E-state index contributed by atoms with van der Waals surface area (Å²) in [5.41, 5.74) is 9.61. The molecule has 0 aliphatic heterocycles. The second kappa shape index (κ2) is 6.74. The van der Waals surface area contributed by atoms with Gasteiger partial charge in [-0.1, -0.05) is 23.8 Å². The van der Waals surface area contributed by atoms with Crippen LogP contribution in [0.25, 0.3) is 0 Å². The van der Waals surface area contributed by atoms with Crippen LogP contribution in [-0.4, -0.2) is 24.3 Å². The second-order valence-corrected chi connectivity index (χ2v) is 4.73. The molecule has 0 radical (unpaired) electrons. The van der Waals surface area contributed by atoms with Crippen molar-refractivity contribution in [2.24, 2.45) is 5.73 Å². The summed E-state index contributed by atoms with van der Waals surface area (Å²) in [4.78, 5) is 0. The average Bonchev–Trinajstić information content (AvgIpc) is 2.30. The van der Waals surface area contributed by atoms with Crippen LogP contribution in [0.1, 0.15) is 36.1 Å². The van der Waals surface area contributed by atoms with Crippen molar-refractivity contribution in [2.45, 2.75) is 39.3 Å². The molecular formula is C14H24N2O. The van der Waals surface area contributed by atoms with Gasteiger partial charge in [-0.15, -0.1) is 0 Å². The lowest BCUT2D eigenvalue weighted by Crippen LogP contribution is -2.35. The lowest BCUT2D eigenvalue weighted by Gasteiger charge is -2.24. The molecule has 0 aromatic heterocycles. The molecule has 4 N–H and O–H groups in total. The zero-order valence-electron chi connectivity index (χ0n) is 11.0. The van der Waals surface area contributed by atoms with E-state index in [1.165, 1.54) is 16.7 Å². The van der Waals surface area contributed by atoms with E-state index in [0.29, 0.717) is 6.54 Å². The molecule has 1 rings (SSSR count). The van der Waals surface area contributed by atoms with E-state index in [0.717, 1.165) is 6.42 Å². The van der Waals surface area contributed by atoms with Crippen molar-refractivity contribution in [1.82, 2.24) is 5.32 Å². The monoisotopic (exact) mass is 236 g/mol. The van der Waals surface area contributed by atoms with Gasteiger partial charge in [0.2, 0.25) is 0 Å².